The maximum atomic E-state index is 10.6. The summed E-state index contributed by atoms with van der Waals surface area (Å²) in [6.07, 6.45) is 0. The Morgan fingerprint density at radius 1 is 1.35 bits per heavy atom. The molecule has 0 spiro atoms. The zero-order chi connectivity index (χ0) is 17.0. The van der Waals surface area contributed by atoms with Gasteiger partial charge in [0.2, 0.25) is 0 Å². The Balaban J connectivity index is 2.02. The van der Waals surface area contributed by atoms with Gasteiger partial charge < -0.3 is 19.6 Å². The van der Waals surface area contributed by atoms with E-state index in [1.165, 1.54) is 0 Å². The highest BCUT2D eigenvalue weighted by molar-refractivity contribution is 5.45. The Morgan fingerprint density at radius 2 is 2.09 bits per heavy atom. The highest BCUT2D eigenvalue weighted by Gasteiger charge is 2.27. The van der Waals surface area contributed by atoms with Crippen LogP contribution in [0.25, 0.3) is 0 Å². The molecule has 1 atom stereocenters. The van der Waals surface area contributed by atoms with Gasteiger partial charge in [0.05, 0.1) is 12.7 Å². The Bertz CT molecular complexity index is 726. The fourth-order valence-corrected chi connectivity index (χ4v) is 2.66. The Labute approximate surface area is 136 Å². The SMILES string of the molecule is COc1ccc(CNCC(C)(O)c2cc(C)oc2C)cc1C#N. The lowest BCUT2D eigenvalue weighted by Gasteiger charge is -2.23. The van der Waals surface area contributed by atoms with Crippen LogP contribution < -0.4 is 10.1 Å². The molecule has 2 N–H and O–H groups in total. The molecule has 0 fully saturated rings. The average Bonchev–Trinajstić information content (AvgIpc) is 2.86. The Kier molecular flexibility index (Phi) is 5.09. The lowest BCUT2D eigenvalue weighted by Crippen LogP contribution is -2.35. The van der Waals surface area contributed by atoms with Crippen molar-refractivity contribution in [2.45, 2.75) is 32.9 Å². The number of benzene rings is 1. The quantitative estimate of drug-likeness (QED) is 0.857. The van der Waals surface area contributed by atoms with Gasteiger partial charge in [0.1, 0.15) is 28.9 Å². The van der Waals surface area contributed by atoms with Gasteiger partial charge in [-0.2, -0.15) is 5.26 Å². The minimum absolute atomic E-state index is 0.376. The largest absolute Gasteiger partial charge is 0.495 e. The number of hydrogen-bond donors (Lipinski definition) is 2. The predicted molar refractivity (Wildman–Crippen MR) is 87.2 cm³/mol. The fraction of sp³-hybridized carbons (Fsp3) is 0.389. The van der Waals surface area contributed by atoms with E-state index in [9.17, 15) is 5.11 Å². The molecule has 1 aromatic heterocycles. The van der Waals surface area contributed by atoms with Crippen LogP contribution in [0.15, 0.2) is 28.7 Å². The maximum Gasteiger partial charge on any atom is 0.136 e. The van der Waals surface area contributed by atoms with E-state index in [2.05, 4.69) is 11.4 Å². The summed E-state index contributed by atoms with van der Waals surface area (Å²) in [4.78, 5) is 0. The molecule has 1 aromatic carbocycles. The molecule has 0 aliphatic rings. The molecule has 0 bridgehead atoms. The van der Waals surface area contributed by atoms with Crippen LogP contribution in [0.3, 0.4) is 0 Å². The van der Waals surface area contributed by atoms with Crippen molar-refractivity contribution in [1.82, 2.24) is 5.32 Å². The van der Waals surface area contributed by atoms with E-state index in [0.29, 0.717) is 24.4 Å². The smallest absolute Gasteiger partial charge is 0.136 e. The van der Waals surface area contributed by atoms with Crippen LogP contribution in [0, 0.1) is 25.2 Å². The van der Waals surface area contributed by atoms with E-state index in [0.717, 1.165) is 22.6 Å². The van der Waals surface area contributed by atoms with Crippen LogP contribution in [0.2, 0.25) is 0 Å². The normalized spacial score (nSPS) is 13.4. The van der Waals surface area contributed by atoms with Crippen molar-refractivity contribution < 1.29 is 14.3 Å². The summed E-state index contributed by atoms with van der Waals surface area (Å²) in [5, 5.41) is 23.0. The number of methoxy groups -OCH3 is 1. The van der Waals surface area contributed by atoms with E-state index in [1.807, 2.05) is 26.0 Å². The second-order valence-electron chi connectivity index (χ2n) is 5.85. The number of rotatable bonds is 6. The number of ether oxygens (including phenoxy) is 1. The Morgan fingerprint density at radius 3 is 2.65 bits per heavy atom. The van der Waals surface area contributed by atoms with Gasteiger partial charge in [0, 0.05) is 18.7 Å². The first-order valence-corrected chi connectivity index (χ1v) is 7.45. The third-order valence-electron chi connectivity index (χ3n) is 3.80. The molecule has 5 heteroatoms. The van der Waals surface area contributed by atoms with E-state index in [4.69, 9.17) is 14.4 Å². The number of nitrogens with one attached hydrogen (secondary N) is 1. The first kappa shape index (κ1) is 17.1. The van der Waals surface area contributed by atoms with Crippen molar-refractivity contribution in [3.05, 3.63) is 52.5 Å². The second kappa shape index (κ2) is 6.86. The molecule has 1 unspecified atom stereocenters. The van der Waals surface area contributed by atoms with Crippen molar-refractivity contribution in [1.29, 1.82) is 5.26 Å². The number of hydrogen-bond acceptors (Lipinski definition) is 5. The summed E-state index contributed by atoms with van der Waals surface area (Å²) in [5.74, 6) is 2.07. The molecule has 5 nitrogen and oxygen atoms in total. The van der Waals surface area contributed by atoms with E-state index in [-0.39, 0.29) is 0 Å². The van der Waals surface area contributed by atoms with Crippen molar-refractivity contribution in [2.75, 3.05) is 13.7 Å². The first-order chi connectivity index (χ1) is 10.9. The summed E-state index contributed by atoms with van der Waals surface area (Å²) >= 11 is 0. The summed E-state index contributed by atoms with van der Waals surface area (Å²) in [7, 11) is 1.54. The zero-order valence-electron chi connectivity index (χ0n) is 13.9. The van der Waals surface area contributed by atoms with Crippen molar-refractivity contribution in [3.63, 3.8) is 0 Å². The van der Waals surface area contributed by atoms with E-state index < -0.39 is 5.60 Å². The third-order valence-corrected chi connectivity index (χ3v) is 3.80. The molecular weight excluding hydrogens is 292 g/mol. The van der Waals surface area contributed by atoms with Gasteiger partial charge in [0.25, 0.3) is 0 Å². The van der Waals surface area contributed by atoms with Crippen molar-refractivity contribution in [3.8, 4) is 11.8 Å². The number of nitriles is 1. The molecule has 1 heterocycles. The lowest BCUT2D eigenvalue weighted by molar-refractivity contribution is 0.0552. The third kappa shape index (κ3) is 3.92. The average molecular weight is 314 g/mol. The second-order valence-corrected chi connectivity index (χ2v) is 5.85. The van der Waals surface area contributed by atoms with Crippen LogP contribution in [0.4, 0.5) is 0 Å². The standard InChI is InChI=1S/C18H22N2O3/c1-12-7-16(13(2)23-12)18(3,21)11-20-10-14-5-6-17(22-4)15(8-14)9-19/h5-8,20-21H,10-11H2,1-4H3. The molecule has 122 valence electrons. The van der Waals surface area contributed by atoms with Gasteiger partial charge in [-0.25, -0.2) is 0 Å². The molecule has 2 rings (SSSR count). The summed E-state index contributed by atoms with van der Waals surface area (Å²) < 4.78 is 10.6. The minimum atomic E-state index is -1.02. The number of aryl methyl sites for hydroxylation is 2. The van der Waals surface area contributed by atoms with Gasteiger partial charge in [-0.3, -0.25) is 0 Å². The minimum Gasteiger partial charge on any atom is -0.495 e. The molecule has 0 saturated heterocycles. The predicted octanol–water partition coefficient (Wildman–Crippen LogP) is 2.77. The zero-order valence-corrected chi connectivity index (χ0v) is 13.9. The van der Waals surface area contributed by atoms with Crippen LogP contribution in [-0.4, -0.2) is 18.8 Å². The molecule has 0 aliphatic carbocycles. The van der Waals surface area contributed by atoms with E-state index in [1.54, 1.807) is 26.2 Å². The number of nitrogens with zero attached hydrogens (tertiary/aromatic N) is 1. The van der Waals surface area contributed by atoms with Crippen molar-refractivity contribution >= 4 is 0 Å². The summed E-state index contributed by atoms with van der Waals surface area (Å²) in [6, 6.07) is 9.43. The fourth-order valence-electron chi connectivity index (χ4n) is 2.66. The maximum absolute atomic E-state index is 10.6. The molecule has 2 aromatic rings. The molecule has 23 heavy (non-hydrogen) atoms. The highest BCUT2D eigenvalue weighted by atomic mass is 16.5. The van der Waals surface area contributed by atoms with Gasteiger partial charge in [0.15, 0.2) is 0 Å². The first-order valence-electron chi connectivity index (χ1n) is 7.45. The van der Waals surface area contributed by atoms with Crippen molar-refractivity contribution in [2.24, 2.45) is 0 Å². The van der Waals surface area contributed by atoms with E-state index >= 15 is 0 Å². The number of aliphatic hydroxyl groups is 1. The summed E-state index contributed by atoms with van der Waals surface area (Å²) in [6.45, 7) is 6.39. The van der Waals surface area contributed by atoms with Crippen LogP contribution in [0.1, 0.15) is 35.1 Å². The topological polar surface area (TPSA) is 78.4 Å². The van der Waals surface area contributed by atoms with Gasteiger partial charge in [-0.15, -0.1) is 0 Å². The van der Waals surface area contributed by atoms with Gasteiger partial charge in [-0.1, -0.05) is 6.07 Å². The van der Waals surface area contributed by atoms with Gasteiger partial charge >= 0.3 is 0 Å². The van der Waals surface area contributed by atoms with Gasteiger partial charge in [-0.05, 0) is 44.5 Å². The summed E-state index contributed by atoms with van der Waals surface area (Å²) in [5.41, 5.74) is 1.22. The lowest BCUT2D eigenvalue weighted by atomic mass is 9.96. The Hall–Kier alpha value is -2.29. The van der Waals surface area contributed by atoms with Crippen LogP contribution in [-0.2, 0) is 12.1 Å². The highest BCUT2D eigenvalue weighted by Crippen LogP contribution is 2.26. The molecule has 0 saturated carbocycles. The van der Waals surface area contributed by atoms with Crippen LogP contribution in [0.5, 0.6) is 5.75 Å². The molecule has 0 radical (unpaired) electrons. The molecule has 0 aliphatic heterocycles. The van der Waals surface area contributed by atoms with Crippen LogP contribution >= 0.6 is 0 Å². The number of furan rings is 1. The molecular formula is C18H22N2O3. The molecule has 0 amide bonds. The monoisotopic (exact) mass is 314 g/mol.